The van der Waals surface area contributed by atoms with Crippen molar-refractivity contribution in [3.8, 4) is 67.0 Å². The second-order valence-corrected chi connectivity index (χ2v) is 11.8. The number of hydrogen-bond acceptors (Lipinski definition) is 5. The number of hydrogen-bond donors (Lipinski definition) is 0. The molecule has 0 saturated heterocycles. The zero-order valence-electron chi connectivity index (χ0n) is 24.2. The van der Waals surface area contributed by atoms with Gasteiger partial charge in [-0.15, -0.1) is 11.3 Å². The SMILES string of the molecule is c1ccc(-c2ccc(-c3nc(-c4ccccc4)nc(-c4ccc(-c5ccc6sc(-c7ccccc7)nc6c5)cc4)n3)cc2)cc1. The van der Waals surface area contributed by atoms with E-state index >= 15 is 0 Å². The highest BCUT2D eigenvalue weighted by Gasteiger charge is 2.13. The summed E-state index contributed by atoms with van der Waals surface area (Å²) >= 11 is 1.72. The van der Waals surface area contributed by atoms with E-state index in [1.54, 1.807) is 11.3 Å². The van der Waals surface area contributed by atoms with E-state index in [2.05, 4.69) is 103 Å². The molecule has 0 bridgehead atoms. The number of benzene rings is 6. The Labute approximate surface area is 265 Å². The molecule has 0 amide bonds. The summed E-state index contributed by atoms with van der Waals surface area (Å²) in [5.74, 6) is 1.93. The normalized spacial score (nSPS) is 11.1. The fraction of sp³-hybridized carbons (Fsp3) is 0. The van der Waals surface area contributed by atoms with Gasteiger partial charge in [-0.05, 0) is 34.4 Å². The van der Waals surface area contributed by atoms with E-state index in [4.69, 9.17) is 19.9 Å². The highest BCUT2D eigenvalue weighted by molar-refractivity contribution is 7.21. The third-order valence-corrected chi connectivity index (χ3v) is 8.89. The predicted molar refractivity (Wildman–Crippen MR) is 186 cm³/mol. The number of thiazole rings is 1. The van der Waals surface area contributed by atoms with Crippen LogP contribution in [0.4, 0.5) is 0 Å². The van der Waals surface area contributed by atoms with E-state index in [1.807, 2.05) is 54.6 Å². The lowest BCUT2D eigenvalue weighted by Gasteiger charge is -2.10. The van der Waals surface area contributed by atoms with Crippen LogP contribution in [-0.2, 0) is 0 Å². The van der Waals surface area contributed by atoms with Gasteiger partial charge in [0.1, 0.15) is 5.01 Å². The maximum atomic E-state index is 4.95. The Kier molecular flexibility index (Phi) is 6.98. The standard InChI is InChI=1S/C40H26N4S/c1-4-10-27(11-5-1)28-16-20-31(21-17-28)38-42-37(30-12-6-2-7-13-30)43-39(44-38)32-22-18-29(19-23-32)34-24-25-36-35(26-34)41-40(45-36)33-14-8-3-9-15-33/h1-26H. The molecular weight excluding hydrogens is 569 g/mol. The fourth-order valence-corrected chi connectivity index (χ4v) is 6.37. The Balaban J connectivity index is 1.14. The van der Waals surface area contributed by atoms with Gasteiger partial charge in [-0.3, -0.25) is 0 Å². The lowest BCUT2D eigenvalue weighted by molar-refractivity contribution is 1.07. The van der Waals surface area contributed by atoms with Gasteiger partial charge in [0.15, 0.2) is 17.5 Å². The number of fused-ring (bicyclic) bond motifs is 1. The quantitative estimate of drug-likeness (QED) is 0.192. The van der Waals surface area contributed by atoms with Crippen molar-refractivity contribution in [1.82, 2.24) is 19.9 Å². The van der Waals surface area contributed by atoms with E-state index in [9.17, 15) is 0 Å². The van der Waals surface area contributed by atoms with Crippen LogP contribution in [-0.4, -0.2) is 19.9 Å². The average molecular weight is 595 g/mol. The Morgan fingerprint density at radius 1 is 0.311 bits per heavy atom. The van der Waals surface area contributed by atoms with E-state index in [0.717, 1.165) is 49.5 Å². The molecule has 0 spiro atoms. The minimum absolute atomic E-state index is 0.639. The fourth-order valence-electron chi connectivity index (χ4n) is 5.42. The first-order valence-electron chi connectivity index (χ1n) is 14.8. The molecule has 2 heterocycles. The summed E-state index contributed by atoms with van der Waals surface area (Å²) in [6.45, 7) is 0. The molecule has 0 radical (unpaired) electrons. The van der Waals surface area contributed by atoms with Gasteiger partial charge < -0.3 is 0 Å². The predicted octanol–water partition coefficient (Wildman–Crippen LogP) is 10.5. The molecule has 8 rings (SSSR count). The molecule has 0 saturated carbocycles. The summed E-state index contributed by atoms with van der Waals surface area (Å²) in [6, 6.07) is 54.1. The van der Waals surface area contributed by atoms with Crippen molar-refractivity contribution in [2.45, 2.75) is 0 Å². The molecule has 0 fully saturated rings. The smallest absolute Gasteiger partial charge is 0.164 e. The van der Waals surface area contributed by atoms with Gasteiger partial charge in [0.25, 0.3) is 0 Å². The summed E-state index contributed by atoms with van der Waals surface area (Å²) in [6.07, 6.45) is 0. The molecule has 0 aliphatic heterocycles. The van der Waals surface area contributed by atoms with Crippen molar-refractivity contribution >= 4 is 21.6 Å². The van der Waals surface area contributed by atoms with Crippen LogP contribution in [0.5, 0.6) is 0 Å². The zero-order chi connectivity index (χ0) is 30.0. The van der Waals surface area contributed by atoms with E-state index in [1.165, 1.54) is 10.3 Å². The number of rotatable bonds is 6. The lowest BCUT2D eigenvalue weighted by Crippen LogP contribution is -2.00. The van der Waals surface area contributed by atoms with Crippen molar-refractivity contribution < 1.29 is 0 Å². The Hall–Kier alpha value is -5.78. The zero-order valence-corrected chi connectivity index (χ0v) is 25.0. The summed E-state index contributed by atoms with van der Waals surface area (Å²) in [5.41, 5.74) is 9.54. The summed E-state index contributed by atoms with van der Waals surface area (Å²) in [5, 5.41) is 1.03. The molecule has 5 heteroatoms. The van der Waals surface area contributed by atoms with Crippen molar-refractivity contribution in [1.29, 1.82) is 0 Å². The Morgan fingerprint density at radius 2 is 0.689 bits per heavy atom. The first-order valence-corrected chi connectivity index (χ1v) is 15.6. The van der Waals surface area contributed by atoms with E-state index in [-0.39, 0.29) is 0 Å². The third-order valence-electron chi connectivity index (χ3n) is 7.80. The summed E-state index contributed by atoms with van der Waals surface area (Å²) < 4.78 is 1.18. The highest BCUT2D eigenvalue weighted by Crippen LogP contribution is 2.34. The van der Waals surface area contributed by atoms with Crippen LogP contribution in [0.1, 0.15) is 0 Å². The van der Waals surface area contributed by atoms with E-state index < -0.39 is 0 Å². The van der Waals surface area contributed by atoms with Crippen LogP contribution in [0.2, 0.25) is 0 Å². The van der Waals surface area contributed by atoms with E-state index in [0.29, 0.717) is 17.5 Å². The number of nitrogens with zero attached hydrogens (tertiary/aromatic N) is 4. The topological polar surface area (TPSA) is 51.6 Å². The highest BCUT2D eigenvalue weighted by atomic mass is 32.1. The van der Waals surface area contributed by atoms with Gasteiger partial charge in [0.05, 0.1) is 10.2 Å². The van der Waals surface area contributed by atoms with Crippen LogP contribution < -0.4 is 0 Å². The van der Waals surface area contributed by atoms with Crippen molar-refractivity contribution in [3.63, 3.8) is 0 Å². The Morgan fingerprint density at radius 3 is 1.22 bits per heavy atom. The maximum Gasteiger partial charge on any atom is 0.164 e. The van der Waals surface area contributed by atoms with Crippen LogP contribution in [0.3, 0.4) is 0 Å². The van der Waals surface area contributed by atoms with Crippen molar-refractivity contribution in [2.75, 3.05) is 0 Å². The van der Waals surface area contributed by atoms with Gasteiger partial charge >= 0.3 is 0 Å². The number of aromatic nitrogens is 4. The molecule has 0 atom stereocenters. The van der Waals surface area contributed by atoms with Gasteiger partial charge in [-0.1, -0.05) is 146 Å². The first-order chi connectivity index (χ1) is 22.3. The lowest BCUT2D eigenvalue weighted by atomic mass is 10.0. The second kappa shape index (κ2) is 11.7. The minimum atomic E-state index is 0.639. The molecule has 2 aromatic heterocycles. The third kappa shape index (κ3) is 5.53. The molecule has 0 unspecified atom stereocenters. The summed E-state index contributed by atoms with van der Waals surface area (Å²) in [4.78, 5) is 19.7. The molecule has 0 aliphatic carbocycles. The second-order valence-electron chi connectivity index (χ2n) is 10.8. The van der Waals surface area contributed by atoms with Gasteiger partial charge in [0.2, 0.25) is 0 Å². The van der Waals surface area contributed by atoms with Gasteiger partial charge in [0, 0.05) is 22.3 Å². The first kappa shape index (κ1) is 26.8. The van der Waals surface area contributed by atoms with Crippen LogP contribution in [0, 0.1) is 0 Å². The van der Waals surface area contributed by atoms with Crippen LogP contribution in [0.25, 0.3) is 77.2 Å². The molecule has 8 aromatic rings. The van der Waals surface area contributed by atoms with Crippen LogP contribution >= 0.6 is 11.3 Å². The van der Waals surface area contributed by atoms with Crippen LogP contribution in [0.15, 0.2) is 158 Å². The molecule has 0 aliphatic rings. The molecular formula is C40H26N4S. The maximum absolute atomic E-state index is 4.95. The minimum Gasteiger partial charge on any atom is -0.236 e. The molecule has 6 aromatic carbocycles. The monoisotopic (exact) mass is 594 g/mol. The van der Waals surface area contributed by atoms with Gasteiger partial charge in [-0.25, -0.2) is 19.9 Å². The molecule has 45 heavy (non-hydrogen) atoms. The average Bonchev–Trinajstić information content (AvgIpc) is 3.57. The molecule has 0 N–H and O–H groups in total. The Bertz CT molecular complexity index is 2230. The van der Waals surface area contributed by atoms with Crippen molar-refractivity contribution in [3.05, 3.63) is 158 Å². The largest absolute Gasteiger partial charge is 0.236 e. The molecule has 212 valence electrons. The summed E-state index contributed by atoms with van der Waals surface area (Å²) in [7, 11) is 0. The molecule has 4 nitrogen and oxygen atoms in total. The van der Waals surface area contributed by atoms with Crippen molar-refractivity contribution in [2.24, 2.45) is 0 Å². The van der Waals surface area contributed by atoms with Gasteiger partial charge in [-0.2, -0.15) is 0 Å².